The lowest BCUT2D eigenvalue weighted by Gasteiger charge is -2.15. The second-order valence-electron chi connectivity index (χ2n) is 7.84. The van der Waals surface area contributed by atoms with E-state index in [0.29, 0.717) is 22.4 Å². The first-order valence-corrected chi connectivity index (χ1v) is 11.5. The van der Waals surface area contributed by atoms with Crippen LogP contribution in [0.3, 0.4) is 0 Å². The molecule has 0 saturated carbocycles. The summed E-state index contributed by atoms with van der Waals surface area (Å²) in [5, 5.41) is 10.8. The number of esters is 2. The number of benzene rings is 3. The van der Waals surface area contributed by atoms with Gasteiger partial charge in [0.05, 0.1) is 24.5 Å². The van der Waals surface area contributed by atoms with Gasteiger partial charge < -0.3 is 19.1 Å². The molecule has 0 aliphatic carbocycles. The summed E-state index contributed by atoms with van der Waals surface area (Å²) in [6.45, 7) is 4.07. The normalized spacial score (nSPS) is 10.7. The molecule has 35 heavy (non-hydrogen) atoms. The number of ether oxygens (including phenoxy) is 2. The van der Waals surface area contributed by atoms with Gasteiger partial charge in [-0.1, -0.05) is 72.8 Å². The van der Waals surface area contributed by atoms with Crippen molar-refractivity contribution in [3.05, 3.63) is 102 Å². The number of nitrogens with zero attached hydrogens (tertiary/aromatic N) is 1. The molecule has 0 fully saturated rings. The summed E-state index contributed by atoms with van der Waals surface area (Å²) in [6, 6.07) is 25.6. The zero-order valence-electron chi connectivity index (χ0n) is 19.7. The van der Waals surface area contributed by atoms with Crippen LogP contribution in [0.25, 0.3) is 22.4 Å². The molecule has 178 valence electrons. The van der Waals surface area contributed by atoms with E-state index in [1.165, 1.54) is 0 Å². The molecule has 6 nitrogen and oxygen atoms in total. The Hall–Kier alpha value is -4.32. The molecule has 0 bridgehead atoms. The van der Waals surface area contributed by atoms with Crippen LogP contribution < -0.4 is 0 Å². The van der Waals surface area contributed by atoms with Crippen LogP contribution >= 0.6 is 0 Å². The predicted octanol–water partition coefficient (Wildman–Crippen LogP) is 5.93. The van der Waals surface area contributed by atoms with Crippen LogP contribution in [0.4, 0.5) is 0 Å². The highest BCUT2D eigenvalue weighted by atomic mass is 16.5. The van der Waals surface area contributed by atoms with E-state index < -0.39 is 11.9 Å². The molecule has 1 heterocycles. The molecule has 3 aromatic carbocycles. The minimum Gasteiger partial charge on any atom is -0.507 e. The van der Waals surface area contributed by atoms with Crippen LogP contribution in [-0.2, 0) is 16.0 Å². The molecule has 0 aliphatic rings. The van der Waals surface area contributed by atoms with Gasteiger partial charge in [0, 0.05) is 17.7 Å². The van der Waals surface area contributed by atoms with Gasteiger partial charge in [0.15, 0.2) is 0 Å². The molecular formula is C29H27NO5. The molecule has 0 radical (unpaired) electrons. The molecule has 0 atom stereocenters. The van der Waals surface area contributed by atoms with Gasteiger partial charge in [0.2, 0.25) is 0 Å². The average molecular weight is 470 g/mol. The van der Waals surface area contributed by atoms with Crippen molar-refractivity contribution >= 4 is 11.9 Å². The number of aromatic hydroxyl groups is 1. The maximum absolute atomic E-state index is 13.5. The topological polar surface area (TPSA) is 77.8 Å². The molecule has 1 aromatic heterocycles. The third kappa shape index (κ3) is 4.82. The van der Waals surface area contributed by atoms with Crippen molar-refractivity contribution in [2.45, 2.75) is 20.4 Å². The largest absolute Gasteiger partial charge is 0.507 e. The van der Waals surface area contributed by atoms with Gasteiger partial charge in [-0.25, -0.2) is 9.59 Å². The number of carbonyl (C=O) groups excluding carboxylic acids is 2. The number of phenols is 1. The Kier molecular flexibility index (Phi) is 7.31. The third-order valence-corrected chi connectivity index (χ3v) is 5.62. The lowest BCUT2D eigenvalue weighted by Crippen LogP contribution is -2.15. The Bertz CT molecular complexity index is 1330. The molecule has 0 saturated heterocycles. The summed E-state index contributed by atoms with van der Waals surface area (Å²) in [6.07, 6.45) is 0. The molecular weight excluding hydrogens is 442 g/mol. The van der Waals surface area contributed by atoms with E-state index in [9.17, 15) is 14.7 Å². The zero-order chi connectivity index (χ0) is 24.8. The SMILES string of the molecule is CCOC(=O)c1c(-c2ccccc2)c(C(=O)OCC)n(Cc2ccccc2)c1-c1ccccc1O. The van der Waals surface area contributed by atoms with Gasteiger partial charge in [0.1, 0.15) is 11.4 Å². The van der Waals surface area contributed by atoms with E-state index in [-0.39, 0.29) is 36.8 Å². The molecule has 0 amide bonds. The molecule has 4 aromatic rings. The smallest absolute Gasteiger partial charge is 0.355 e. The number of rotatable bonds is 8. The van der Waals surface area contributed by atoms with E-state index in [1.807, 2.05) is 60.7 Å². The van der Waals surface area contributed by atoms with E-state index >= 15 is 0 Å². The number of hydrogen-bond acceptors (Lipinski definition) is 5. The van der Waals surface area contributed by atoms with Crippen LogP contribution in [0, 0.1) is 0 Å². The highest BCUT2D eigenvalue weighted by molar-refractivity contribution is 6.11. The van der Waals surface area contributed by atoms with Crippen molar-refractivity contribution in [3.8, 4) is 28.1 Å². The van der Waals surface area contributed by atoms with E-state index in [1.54, 1.807) is 42.7 Å². The number of aromatic nitrogens is 1. The summed E-state index contributed by atoms with van der Waals surface area (Å²) in [5.41, 5.74) is 3.24. The second-order valence-corrected chi connectivity index (χ2v) is 7.84. The summed E-state index contributed by atoms with van der Waals surface area (Å²) in [4.78, 5) is 26.9. The van der Waals surface area contributed by atoms with Crippen LogP contribution in [0.1, 0.15) is 40.3 Å². The fourth-order valence-corrected chi connectivity index (χ4v) is 4.20. The monoisotopic (exact) mass is 469 g/mol. The van der Waals surface area contributed by atoms with Crippen LogP contribution in [-0.4, -0.2) is 34.8 Å². The standard InChI is InChI=1S/C29H27NO5/c1-3-34-28(32)25-24(21-15-9-6-10-16-21)27(29(33)35-4-2)30(19-20-13-7-5-8-14-20)26(25)22-17-11-12-18-23(22)31/h5-18,31H,3-4,19H2,1-2H3. The van der Waals surface area contributed by atoms with Crippen molar-refractivity contribution in [1.29, 1.82) is 0 Å². The van der Waals surface area contributed by atoms with Crippen molar-refractivity contribution in [2.75, 3.05) is 13.2 Å². The molecule has 6 heteroatoms. The summed E-state index contributed by atoms with van der Waals surface area (Å²) < 4.78 is 12.7. The molecule has 0 spiro atoms. The lowest BCUT2D eigenvalue weighted by atomic mass is 9.97. The molecule has 4 rings (SSSR count). The van der Waals surface area contributed by atoms with Gasteiger partial charge in [0.25, 0.3) is 0 Å². The third-order valence-electron chi connectivity index (χ3n) is 5.62. The summed E-state index contributed by atoms with van der Waals surface area (Å²) in [5.74, 6) is -1.16. The number of hydrogen-bond donors (Lipinski definition) is 1. The Morgan fingerprint density at radius 2 is 1.34 bits per heavy atom. The Morgan fingerprint density at radius 1 is 0.771 bits per heavy atom. The lowest BCUT2D eigenvalue weighted by molar-refractivity contribution is 0.0513. The average Bonchev–Trinajstić information content (AvgIpc) is 3.20. The van der Waals surface area contributed by atoms with Gasteiger partial charge in [-0.2, -0.15) is 0 Å². The number of para-hydroxylation sites is 1. The molecule has 0 unspecified atom stereocenters. The van der Waals surface area contributed by atoms with Crippen LogP contribution in [0.15, 0.2) is 84.9 Å². The highest BCUT2D eigenvalue weighted by Gasteiger charge is 2.34. The minimum atomic E-state index is -0.582. The van der Waals surface area contributed by atoms with Gasteiger partial charge in [-0.3, -0.25) is 0 Å². The van der Waals surface area contributed by atoms with Gasteiger partial charge >= 0.3 is 11.9 Å². The number of carbonyl (C=O) groups is 2. The van der Waals surface area contributed by atoms with E-state index in [0.717, 1.165) is 5.56 Å². The first-order chi connectivity index (χ1) is 17.1. The maximum atomic E-state index is 13.5. The van der Waals surface area contributed by atoms with Gasteiger partial charge in [-0.15, -0.1) is 0 Å². The fraction of sp³-hybridized carbons (Fsp3) is 0.172. The second kappa shape index (κ2) is 10.7. The van der Waals surface area contributed by atoms with Crippen molar-refractivity contribution in [2.24, 2.45) is 0 Å². The first kappa shape index (κ1) is 23.8. The summed E-state index contributed by atoms with van der Waals surface area (Å²) in [7, 11) is 0. The summed E-state index contributed by atoms with van der Waals surface area (Å²) >= 11 is 0. The Labute approximate surface area is 204 Å². The first-order valence-electron chi connectivity index (χ1n) is 11.5. The van der Waals surface area contributed by atoms with Gasteiger partial charge in [-0.05, 0) is 37.1 Å². The van der Waals surface area contributed by atoms with Crippen LogP contribution in [0.2, 0.25) is 0 Å². The zero-order valence-corrected chi connectivity index (χ0v) is 19.7. The Morgan fingerprint density at radius 3 is 1.97 bits per heavy atom. The van der Waals surface area contributed by atoms with Crippen LogP contribution in [0.5, 0.6) is 5.75 Å². The Balaban J connectivity index is 2.16. The molecule has 0 aliphatic heterocycles. The quantitative estimate of drug-likeness (QED) is 0.324. The fourth-order valence-electron chi connectivity index (χ4n) is 4.20. The minimum absolute atomic E-state index is 0.0140. The van der Waals surface area contributed by atoms with Crippen molar-refractivity contribution in [1.82, 2.24) is 4.57 Å². The molecule has 1 N–H and O–H groups in total. The highest BCUT2D eigenvalue weighted by Crippen LogP contribution is 2.42. The predicted molar refractivity (Wildman–Crippen MR) is 134 cm³/mol. The number of phenolic OH excluding ortho intramolecular Hbond substituents is 1. The van der Waals surface area contributed by atoms with E-state index in [2.05, 4.69) is 0 Å². The van der Waals surface area contributed by atoms with Crippen molar-refractivity contribution < 1.29 is 24.2 Å². The maximum Gasteiger partial charge on any atom is 0.355 e. The van der Waals surface area contributed by atoms with Crippen molar-refractivity contribution in [3.63, 3.8) is 0 Å². The van der Waals surface area contributed by atoms with E-state index in [4.69, 9.17) is 9.47 Å².